The number of nitrogens with one attached hydrogen (secondary N) is 1. The van der Waals surface area contributed by atoms with Gasteiger partial charge in [-0.25, -0.2) is 9.78 Å². The van der Waals surface area contributed by atoms with Crippen molar-refractivity contribution in [2.24, 2.45) is 0 Å². The molecule has 0 aliphatic carbocycles. The van der Waals surface area contributed by atoms with Crippen LogP contribution in [-0.4, -0.2) is 33.6 Å². The Labute approximate surface area is 144 Å². The largest absolute Gasteiger partial charge is 0.416 e. The number of aromatic nitrogens is 2. The van der Waals surface area contributed by atoms with E-state index in [1.54, 1.807) is 17.4 Å². The monoisotopic (exact) mass is 354 g/mol. The molecule has 1 heterocycles. The lowest BCUT2D eigenvalue weighted by atomic mass is 10.1. The van der Waals surface area contributed by atoms with Crippen molar-refractivity contribution in [1.29, 1.82) is 0 Å². The summed E-state index contributed by atoms with van der Waals surface area (Å²) in [4.78, 5) is 17.7. The molecule has 2 amide bonds. The second-order valence-electron chi connectivity index (χ2n) is 5.61. The number of hydrogen-bond acceptors (Lipinski definition) is 2. The summed E-state index contributed by atoms with van der Waals surface area (Å²) in [5.41, 5.74) is -0.0391. The average Bonchev–Trinajstić information content (AvgIpc) is 3.07. The van der Waals surface area contributed by atoms with Crippen LogP contribution in [-0.2, 0) is 19.3 Å². The van der Waals surface area contributed by atoms with Gasteiger partial charge in [0.25, 0.3) is 0 Å². The highest BCUT2D eigenvalue weighted by Crippen LogP contribution is 2.29. The molecule has 25 heavy (non-hydrogen) atoms. The van der Waals surface area contributed by atoms with Crippen molar-refractivity contribution in [2.75, 3.05) is 13.1 Å². The third-order valence-corrected chi connectivity index (χ3v) is 3.67. The Morgan fingerprint density at radius 1 is 1.28 bits per heavy atom. The predicted molar refractivity (Wildman–Crippen MR) is 87.8 cm³/mol. The maximum absolute atomic E-state index is 12.6. The number of aryl methyl sites for hydroxylation is 1. The summed E-state index contributed by atoms with van der Waals surface area (Å²) in [7, 11) is 0. The topological polar surface area (TPSA) is 50.2 Å². The summed E-state index contributed by atoms with van der Waals surface area (Å²) >= 11 is 0. The molecule has 1 aromatic carbocycles. The molecule has 1 N–H and O–H groups in total. The molecule has 0 bridgehead atoms. The second-order valence-corrected chi connectivity index (χ2v) is 5.61. The van der Waals surface area contributed by atoms with Gasteiger partial charge in [-0.3, -0.25) is 0 Å². The van der Waals surface area contributed by atoms with E-state index in [1.165, 1.54) is 12.1 Å². The minimum Gasteiger partial charge on any atom is -0.338 e. The molecule has 0 spiro atoms. The van der Waals surface area contributed by atoms with E-state index in [4.69, 9.17) is 0 Å². The first-order chi connectivity index (χ1) is 11.9. The van der Waals surface area contributed by atoms with Crippen LogP contribution < -0.4 is 5.32 Å². The molecule has 1 aromatic heterocycles. The van der Waals surface area contributed by atoms with Gasteiger partial charge in [-0.1, -0.05) is 12.1 Å². The zero-order chi connectivity index (χ0) is 18.3. The standard InChI is InChI=1S/C17H21F3N4O/c1-2-22-16(25)24(10-3-9-23-11-8-21-13-23)12-14-4-6-15(7-5-14)17(18,19)20/h4-8,11,13H,2-3,9-10,12H2,1H3,(H,22,25). The van der Waals surface area contributed by atoms with E-state index < -0.39 is 11.7 Å². The fourth-order valence-electron chi connectivity index (χ4n) is 2.40. The number of carbonyl (C=O) groups is 1. The molecule has 5 nitrogen and oxygen atoms in total. The highest BCUT2D eigenvalue weighted by atomic mass is 19.4. The van der Waals surface area contributed by atoms with Gasteiger partial charge < -0.3 is 14.8 Å². The molecule has 0 unspecified atom stereocenters. The van der Waals surface area contributed by atoms with Gasteiger partial charge in [0.15, 0.2) is 0 Å². The summed E-state index contributed by atoms with van der Waals surface area (Å²) in [5, 5.41) is 2.73. The van der Waals surface area contributed by atoms with Crippen LogP contribution in [0, 0.1) is 0 Å². The lowest BCUT2D eigenvalue weighted by molar-refractivity contribution is -0.137. The molecule has 0 saturated carbocycles. The van der Waals surface area contributed by atoms with Crippen molar-refractivity contribution in [3.05, 3.63) is 54.1 Å². The number of nitrogens with zero attached hydrogens (tertiary/aromatic N) is 3. The second kappa shape index (κ2) is 8.55. The number of imidazole rings is 1. The van der Waals surface area contributed by atoms with Crippen molar-refractivity contribution < 1.29 is 18.0 Å². The van der Waals surface area contributed by atoms with Gasteiger partial charge in [0.1, 0.15) is 0 Å². The van der Waals surface area contributed by atoms with Crippen LogP contribution >= 0.6 is 0 Å². The molecular weight excluding hydrogens is 333 g/mol. The average molecular weight is 354 g/mol. The van der Waals surface area contributed by atoms with Crippen LogP contribution in [0.1, 0.15) is 24.5 Å². The quantitative estimate of drug-likeness (QED) is 0.827. The summed E-state index contributed by atoms with van der Waals surface area (Å²) in [6.45, 7) is 3.77. The third kappa shape index (κ3) is 5.81. The van der Waals surface area contributed by atoms with E-state index in [9.17, 15) is 18.0 Å². The first-order valence-electron chi connectivity index (χ1n) is 8.05. The molecule has 2 aromatic rings. The molecular formula is C17H21F3N4O. The van der Waals surface area contributed by atoms with Crippen LogP contribution in [0.4, 0.5) is 18.0 Å². The molecule has 0 radical (unpaired) electrons. The van der Waals surface area contributed by atoms with Crippen molar-refractivity contribution in [2.45, 2.75) is 32.6 Å². The van der Waals surface area contributed by atoms with E-state index in [1.807, 2.05) is 17.7 Å². The smallest absolute Gasteiger partial charge is 0.338 e. The van der Waals surface area contributed by atoms with E-state index in [0.29, 0.717) is 31.6 Å². The minimum atomic E-state index is -4.36. The Balaban J connectivity index is 1.98. The number of halogens is 3. The lowest BCUT2D eigenvalue weighted by Crippen LogP contribution is -2.40. The Morgan fingerprint density at radius 3 is 2.56 bits per heavy atom. The number of benzene rings is 1. The molecule has 0 saturated heterocycles. The van der Waals surface area contributed by atoms with Crippen molar-refractivity contribution in [3.63, 3.8) is 0 Å². The zero-order valence-corrected chi connectivity index (χ0v) is 14.0. The Bertz CT molecular complexity index is 654. The Kier molecular flexibility index (Phi) is 6.44. The Morgan fingerprint density at radius 2 is 2.00 bits per heavy atom. The summed E-state index contributed by atoms with van der Waals surface area (Å²) in [6, 6.07) is 4.66. The van der Waals surface area contributed by atoms with Gasteiger partial charge in [-0.2, -0.15) is 13.2 Å². The van der Waals surface area contributed by atoms with Crippen LogP contribution in [0.25, 0.3) is 0 Å². The van der Waals surface area contributed by atoms with E-state index in [0.717, 1.165) is 12.1 Å². The Hall–Kier alpha value is -2.51. The zero-order valence-electron chi connectivity index (χ0n) is 14.0. The maximum atomic E-state index is 12.6. The number of rotatable bonds is 7. The SMILES string of the molecule is CCNC(=O)N(CCCn1ccnc1)Cc1ccc(C(F)(F)F)cc1. The summed E-state index contributed by atoms with van der Waals surface area (Å²) in [5.74, 6) is 0. The number of hydrogen-bond donors (Lipinski definition) is 1. The van der Waals surface area contributed by atoms with Crippen LogP contribution in [0.5, 0.6) is 0 Å². The summed E-state index contributed by atoms with van der Waals surface area (Å²) < 4.78 is 39.8. The van der Waals surface area contributed by atoms with Crippen molar-refractivity contribution in [3.8, 4) is 0 Å². The van der Waals surface area contributed by atoms with E-state index >= 15 is 0 Å². The highest BCUT2D eigenvalue weighted by molar-refractivity contribution is 5.74. The molecule has 0 aliphatic heterocycles. The van der Waals surface area contributed by atoms with Crippen LogP contribution in [0.3, 0.4) is 0 Å². The first-order valence-corrected chi connectivity index (χ1v) is 8.05. The molecule has 136 valence electrons. The van der Waals surface area contributed by atoms with Gasteiger partial charge in [0, 0.05) is 38.6 Å². The van der Waals surface area contributed by atoms with E-state index in [-0.39, 0.29) is 12.6 Å². The lowest BCUT2D eigenvalue weighted by Gasteiger charge is -2.23. The first kappa shape index (κ1) is 18.8. The van der Waals surface area contributed by atoms with Gasteiger partial charge in [-0.15, -0.1) is 0 Å². The van der Waals surface area contributed by atoms with Gasteiger partial charge in [0.05, 0.1) is 11.9 Å². The number of urea groups is 1. The van der Waals surface area contributed by atoms with Crippen LogP contribution in [0.2, 0.25) is 0 Å². The number of alkyl halides is 3. The summed E-state index contributed by atoms with van der Waals surface area (Å²) in [6.07, 6.45) is 1.58. The molecule has 0 atom stereocenters. The normalized spacial score (nSPS) is 11.4. The minimum absolute atomic E-state index is 0.229. The number of amides is 2. The fraction of sp³-hybridized carbons (Fsp3) is 0.412. The highest BCUT2D eigenvalue weighted by Gasteiger charge is 2.30. The molecule has 2 rings (SSSR count). The fourth-order valence-corrected chi connectivity index (χ4v) is 2.40. The molecule has 0 aliphatic rings. The van der Waals surface area contributed by atoms with Crippen molar-refractivity contribution >= 4 is 6.03 Å². The van der Waals surface area contributed by atoms with Gasteiger partial charge >= 0.3 is 12.2 Å². The van der Waals surface area contributed by atoms with Crippen molar-refractivity contribution in [1.82, 2.24) is 19.8 Å². The van der Waals surface area contributed by atoms with E-state index in [2.05, 4.69) is 10.3 Å². The molecule has 8 heteroatoms. The third-order valence-electron chi connectivity index (χ3n) is 3.67. The predicted octanol–water partition coefficient (Wildman–Crippen LogP) is 3.52. The molecule has 0 fully saturated rings. The van der Waals surface area contributed by atoms with Gasteiger partial charge in [-0.05, 0) is 31.0 Å². The van der Waals surface area contributed by atoms with Gasteiger partial charge in [0.2, 0.25) is 0 Å². The maximum Gasteiger partial charge on any atom is 0.416 e. The van der Waals surface area contributed by atoms with Crippen LogP contribution in [0.15, 0.2) is 43.0 Å². The number of carbonyl (C=O) groups excluding carboxylic acids is 1.